The molecule has 2 atom stereocenters. The van der Waals surface area contributed by atoms with Crippen LogP contribution >= 0.6 is 11.3 Å². The predicted molar refractivity (Wildman–Crippen MR) is 49.9 cm³/mol. The van der Waals surface area contributed by atoms with Crippen LogP contribution in [0.1, 0.15) is 23.2 Å². The standard InChI is InChI=1S/C9H11NO2S/c1-5-3-9(5,8(11)12)7-4-10-6(2)13-7/h4-5H,3H2,1-2H3,(H,11,12). The number of hydrogen-bond acceptors (Lipinski definition) is 3. The molecule has 70 valence electrons. The Labute approximate surface area is 80.4 Å². The Balaban J connectivity index is 2.39. The van der Waals surface area contributed by atoms with Gasteiger partial charge < -0.3 is 5.11 Å². The van der Waals surface area contributed by atoms with Gasteiger partial charge in [0.05, 0.1) is 5.01 Å². The number of aryl methyl sites for hydroxylation is 1. The van der Waals surface area contributed by atoms with E-state index in [0.29, 0.717) is 0 Å². The second-order valence-electron chi connectivity index (χ2n) is 3.63. The number of rotatable bonds is 2. The maximum atomic E-state index is 11.1. The van der Waals surface area contributed by atoms with Crippen LogP contribution in [0, 0.1) is 12.8 Å². The molecule has 2 unspecified atom stereocenters. The van der Waals surface area contributed by atoms with Gasteiger partial charge in [-0.05, 0) is 19.3 Å². The average molecular weight is 197 g/mol. The second-order valence-corrected chi connectivity index (χ2v) is 4.86. The predicted octanol–water partition coefficient (Wildman–Crippen LogP) is 1.81. The molecule has 1 aromatic rings. The molecule has 4 heteroatoms. The number of aromatic nitrogens is 1. The minimum Gasteiger partial charge on any atom is -0.481 e. The van der Waals surface area contributed by atoms with Gasteiger partial charge >= 0.3 is 5.97 Å². The lowest BCUT2D eigenvalue weighted by Crippen LogP contribution is -2.20. The Kier molecular flexibility index (Phi) is 1.70. The summed E-state index contributed by atoms with van der Waals surface area (Å²) < 4.78 is 0. The number of carbonyl (C=O) groups is 1. The molecule has 3 nitrogen and oxygen atoms in total. The average Bonchev–Trinajstić information content (AvgIpc) is 2.53. The van der Waals surface area contributed by atoms with Gasteiger partial charge in [-0.25, -0.2) is 4.98 Å². The molecule has 1 aliphatic carbocycles. The summed E-state index contributed by atoms with van der Waals surface area (Å²) in [6, 6.07) is 0. The third kappa shape index (κ3) is 1.09. The molecule has 1 heterocycles. The second kappa shape index (κ2) is 2.54. The number of carboxylic acid groups (broad SMARTS) is 1. The number of nitrogens with zero attached hydrogens (tertiary/aromatic N) is 1. The third-order valence-corrected chi connectivity index (χ3v) is 3.84. The lowest BCUT2D eigenvalue weighted by atomic mass is 10.0. The van der Waals surface area contributed by atoms with E-state index in [-0.39, 0.29) is 5.92 Å². The van der Waals surface area contributed by atoms with Gasteiger partial charge in [0, 0.05) is 11.1 Å². The molecule has 0 bridgehead atoms. The summed E-state index contributed by atoms with van der Waals surface area (Å²) in [5, 5.41) is 10.1. The fraction of sp³-hybridized carbons (Fsp3) is 0.556. The zero-order chi connectivity index (χ0) is 9.64. The van der Waals surface area contributed by atoms with E-state index < -0.39 is 11.4 Å². The van der Waals surface area contributed by atoms with Crippen LogP contribution in [0.3, 0.4) is 0 Å². The molecule has 1 saturated carbocycles. The minimum absolute atomic E-state index is 0.254. The van der Waals surface area contributed by atoms with Crippen molar-refractivity contribution in [2.75, 3.05) is 0 Å². The zero-order valence-electron chi connectivity index (χ0n) is 7.57. The number of aliphatic carboxylic acids is 1. The van der Waals surface area contributed by atoms with Gasteiger partial charge in [-0.1, -0.05) is 6.92 Å². The summed E-state index contributed by atoms with van der Waals surface area (Å²) in [6.07, 6.45) is 2.46. The highest BCUT2D eigenvalue weighted by atomic mass is 32.1. The van der Waals surface area contributed by atoms with Crippen molar-refractivity contribution in [1.82, 2.24) is 4.98 Å². The molecule has 0 radical (unpaired) electrons. The van der Waals surface area contributed by atoms with Crippen molar-refractivity contribution < 1.29 is 9.90 Å². The monoisotopic (exact) mass is 197 g/mol. The lowest BCUT2D eigenvalue weighted by molar-refractivity contribution is -0.140. The van der Waals surface area contributed by atoms with E-state index in [2.05, 4.69) is 4.98 Å². The van der Waals surface area contributed by atoms with Crippen molar-refractivity contribution in [3.8, 4) is 0 Å². The van der Waals surface area contributed by atoms with Crippen molar-refractivity contribution in [3.05, 3.63) is 16.1 Å². The van der Waals surface area contributed by atoms with Crippen LogP contribution < -0.4 is 0 Å². The summed E-state index contributed by atoms with van der Waals surface area (Å²) in [4.78, 5) is 16.1. The molecule has 13 heavy (non-hydrogen) atoms. The normalized spacial score (nSPS) is 31.7. The first-order valence-electron chi connectivity index (χ1n) is 4.23. The molecule has 0 spiro atoms. The van der Waals surface area contributed by atoms with E-state index >= 15 is 0 Å². The van der Waals surface area contributed by atoms with Crippen LogP contribution in [0.2, 0.25) is 0 Å². The van der Waals surface area contributed by atoms with E-state index in [9.17, 15) is 4.79 Å². The third-order valence-electron chi connectivity index (χ3n) is 2.75. The van der Waals surface area contributed by atoms with Crippen LogP contribution in [0.15, 0.2) is 6.20 Å². The van der Waals surface area contributed by atoms with Gasteiger partial charge in [-0.2, -0.15) is 0 Å². The molecular formula is C9H11NO2S. The van der Waals surface area contributed by atoms with Crippen LogP contribution in [0.5, 0.6) is 0 Å². The van der Waals surface area contributed by atoms with E-state index in [1.165, 1.54) is 11.3 Å². The van der Waals surface area contributed by atoms with Crippen LogP contribution in [0.25, 0.3) is 0 Å². The molecule has 0 aliphatic heterocycles. The molecule has 0 saturated heterocycles. The van der Waals surface area contributed by atoms with Crippen molar-refractivity contribution in [2.24, 2.45) is 5.92 Å². The molecule has 1 aromatic heterocycles. The molecule has 0 amide bonds. The molecule has 1 aliphatic rings. The maximum absolute atomic E-state index is 11.1. The summed E-state index contributed by atoms with van der Waals surface area (Å²) in [5.74, 6) is -0.450. The highest BCUT2D eigenvalue weighted by Crippen LogP contribution is 2.55. The zero-order valence-corrected chi connectivity index (χ0v) is 8.39. The van der Waals surface area contributed by atoms with Crippen molar-refractivity contribution in [2.45, 2.75) is 25.7 Å². The topological polar surface area (TPSA) is 50.2 Å². The first-order chi connectivity index (χ1) is 6.07. The highest BCUT2D eigenvalue weighted by molar-refractivity contribution is 7.11. The number of thiazole rings is 1. The lowest BCUT2D eigenvalue weighted by Gasteiger charge is -2.06. The SMILES string of the molecule is Cc1ncc(C2(C(=O)O)CC2C)s1. The van der Waals surface area contributed by atoms with E-state index in [1.807, 2.05) is 13.8 Å². The summed E-state index contributed by atoms with van der Waals surface area (Å²) in [6.45, 7) is 3.87. The van der Waals surface area contributed by atoms with Crippen LogP contribution in [-0.2, 0) is 10.2 Å². The van der Waals surface area contributed by atoms with Gasteiger partial charge in [-0.3, -0.25) is 4.79 Å². The quantitative estimate of drug-likeness (QED) is 0.786. The van der Waals surface area contributed by atoms with Gasteiger partial charge in [0.25, 0.3) is 0 Å². The van der Waals surface area contributed by atoms with Crippen LogP contribution in [-0.4, -0.2) is 16.1 Å². The number of carboxylic acids is 1. The smallest absolute Gasteiger partial charge is 0.315 e. The Bertz CT molecular complexity index is 360. The Morgan fingerprint density at radius 1 is 1.85 bits per heavy atom. The van der Waals surface area contributed by atoms with E-state index in [1.54, 1.807) is 6.20 Å². The Morgan fingerprint density at radius 2 is 2.46 bits per heavy atom. The van der Waals surface area contributed by atoms with E-state index in [0.717, 1.165) is 16.3 Å². The minimum atomic E-state index is -0.705. The van der Waals surface area contributed by atoms with Gasteiger partial charge in [-0.15, -0.1) is 11.3 Å². The van der Waals surface area contributed by atoms with E-state index in [4.69, 9.17) is 5.11 Å². The largest absolute Gasteiger partial charge is 0.481 e. The molecular weight excluding hydrogens is 186 g/mol. The van der Waals surface area contributed by atoms with Crippen molar-refractivity contribution in [1.29, 1.82) is 0 Å². The maximum Gasteiger partial charge on any atom is 0.315 e. The molecule has 1 fully saturated rings. The molecule has 1 N–H and O–H groups in total. The fourth-order valence-corrected chi connectivity index (χ4v) is 2.82. The summed E-state index contributed by atoms with van der Waals surface area (Å²) in [7, 11) is 0. The highest BCUT2D eigenvalue weighted by Gasteiger charge is 2.60. The summed E-state index contributed by atoms with van der Waals surface area (Å²) >= 11 is 1.50. The number of hydrogen-bond donors (Lipinski definition) is 1. The van der Waals surface area contributed by atoms with Crippen molar-refractivity contribution >= 4 is 17.3 Å². The first kappa shape index (κ1) is 8.69. The molecule has 0 aromatic carbocycles. The van der Waals surface area contributed by atoms with Crippen LogP contribution in [0.4, 0.5) is 0 Å². The fourth-order valence-electron chi connectivity index (χ4n) is 1.74. The summed E-state index contributed by atoms with van der Waals surface area (Å²) in [5.41, 5.74) is -0.605. The Hall–Kier alpha value is -0.900. The van der Waals surface area contributed by atoms with Gasteiger partial charge in [0.2, 0.25) is 0 Å². The molecule has 2 rings (SSSR count). The van der Waals surface area contributed by atoms with Gasteiger partial charge in [0.1, 0.15) is 5.41 Å². The first-order valence-corrected chi connectivity index (χ1v) is 5.05. The Morgan fingerprint density at radius 3 is 2.77 bits per heavy atom. The van der Waals surface area contributed by atoms with Gasteiger partial charge in [0.15, 0.2) is 0 Å². The van der Waals surface area contributed by atoms with Crippen molar-refractivity contribution in [3.63, 3.8) is 0 Å².